The monoisotopic (exact) mass is 478 g/mol. The predicted molar refractivity (Wildman–Crippen MR) is 138 cm³/mol. The maximum atomic E-state index is 13.0. The van der Waals surface area contributed by atoms with E-state index in [0.29, 0.717) is 30.2 Å². The summed E-state index contributed by atoms with van der Waals surface area (Å²) in [7, 11) is 3.64. The number of amides is 2. The molecule has 0 saturated carbocycles. The van der Waals surface area contributed by atoms with E-state index in [1.165, 1.54) is 24.3 Å². The van der Waals surface area contributed by atoms with E-state index in [9.17, 15) is 14.0 Å². The maximum absolute atomic E-state index is 13.0. The topological polar surface area (TPSA) is 90.5 Å². The van der Waals surface area contributed by atoms with Crippen LogP contribution in [0.5, 0.6) is 0 Å². The van der Waals surface area contributed by atoms with Crippen molar-refractivity contribution in [3.8, 4) is 0 Å². The molecular weight excluding hydrogens is 447 g/mol. The highest BCUT2D eigenvalue weighted by Crippen LogP contribution is 2.36. The molecule has 0 fully saturated rings. The van der Waals surface area contributed by atoms with Crippen LogP contribution in [0, 0.1) is 12.7 Å². The van der Waals surface area contributed by atoms with Crippen LogP contribution in [-0.2, 0) is 11.3 Å². The van der Waals surface area contributed by atoms with E-state index in [4.69, 9.17) is 0 Å². The largest absolute Gasteiger partial charge is 0.350 e. The van der Waals surface area contributed by atoms with E-state index >= 15 is 0 Å². The average Bonchev–Trinajstić information content (AvgIpc) is 2.82. The Morgan fingerprint density at radius 3 is 2.34 bits per heavy atom. The molecule has 35 heavy (non-hydrogen) atoms. The SMILES string of the molecule is C.CC[C@H]1C(=O)N(C)c2c(C)nc(NCc3ccc(NC(=O)c4ccc(F)cc4)cc3)nc2N1C. The lowest BCUT2D eigenvalue weighted by molar-refractivity contribution is -0.119. The Kier molecular flexibility index (Phi) is 7.68. The fraction of sp³-hybridized carbons (Fsp3) is 0.308. The summed E-state index contributed by atoms with van der Waals surface area (Å²) in [5.74, 6) is 0.555. The van der Waals surface area contributed by atoms with Crippen molar-refractivity contribution in [3.63, 3.8) is 0 Å². The molecule has 2 aromatic carbocycles. The Morgan fingerprint density at radius 2 is 1.71 bits per heavy atom. The molecular formula is C26H31FN6O2. The number of likely N-dealkylation sites (N-methyl/N-ethyl adjacent to an activating group) is 2. The minimum Gasteiger partial charge on any atom is -0.350 e. The first-order valence-electron chi connectivity index (χ1n) is 11.1. The predicted octanol–water partition coefficient (Wildman–Crippen LogP) is 4.62. The zero-order valence-corrected chi connectivity index (χ0v) is 19.6. The molecule has 0 unspecified atom stereocenters. The van der Waals surface area contributed by atoms with Gasteiger partial charge < -0.3 is 20.4 Å². The van der Waals surface area contributed by atoms with Gasteiger partial charge >= 0.3 is 0 Å². The molecule has 9 heteroatoms. The Labute approximate surface area is 205 Å². The molecule has 4 rings (SSSR count). The van der Waals surface area contributed by atoms with Crippen molar-refractivity contribution < 1.29 is 14.0 Å². The molecule has 1 aromatic heterocycles. The van der Waals surface area contributed by atoms with Gasteiger partial charge in [-0.1, -0.05) is 26.5 Å². The quantitative estimate of drug-likeness (QED) is 0.538. The molecule has 1 aliphatic rings. The fourth-order valence-corrected chi connectivity index (χ4v) is 4.06. The van der Waals surface area contributed by atoms with Gasteiger partial charge in [-0.3, -0.25) is 9.59 Å². The van der Waals surface area contributed by atoms with Crippen molar-refractivity contribution in [2.45, 2.75) is 40.3 Å². The van der Waals surface area contributed by atoms with Gasteiger partial charge in [0.05, 0.1) is 5.69 Å². The van der Waals surface area contributed by atoms with Crippen molar-refractivity contribution in [1.29, 1.82) is 0 Å². The van der Waals surface area contributed by atoms with Gasteiger partial charge in [-0.25, -0.2) is 9.37 Å². The lowest BCUT2D eigenvalue weighted by Crippen LogP contribution is -2.51. The third-order valence-electron chi connectivity index (χ3n) is 5.95. The summed E-state index contributed by atoms with van der Waals surface area (Å²) in [5, 5.41) is 6.05. The Bertz CT molecular complexity index is 1210. The van der Waals surface area contributed by atoms with Gasteiger partial charge in [-0.15, -0.1) is 0 Å². The molecule has 184 valence electrons. The van der Waals surface area contributed by atoms with Crippen LogP contribution in [0.25, 0.3) is 0 Å². The fourth-order valence-electron chi connectivity index (χ4n) is 4.06. The second kappa shape index (κ2) is 10.5. The number of nitrogens with one attached hydrogen (secondary N) is 2. The Hall–Kier alpha value is -4.01. The van der Waals surface area contributed by atoms with Crippen molar-refractivity contribution >= 4 is 35.0 Å². The number of fused-ring (bicyclic) bond motifs is 1. The summed E-state index contributed by atoms with van der Waals surface area (Å²) in [6.07, 6.45) is 0.689. The summed E-state index contributed by atoms with van der Waals surface area (Å²) < 4.78 is 13.0. The highest BCUT2D eigenvalue weighted by molar-refractivity contribution is 6.05. The first-order valence-corrected chi connectivity index (χ1v) is 11.1. The second-order valence-corrected chi connectivity index (χ2v) is 8.25. The maximum Gasteiger partial charge on any atom is 0.255 e. The van der Waals surface area contributed by atoms with E-state index < -0.39 is 0 Å². The minimum atomic E-state index is -0.385. The molecule has 1 aliphatic heterocycles. The number of nitrogens with zero attached hydrogens (tertiary/aromatic N) is 4. The van der Waals surface area contributed by atoms with Gasteiger partial charge in [0, 0.05) is 31.9 Å². The summed E-state index contributed by atoms with van der Waals surface area (Å²) in [6.45, 7) is 4.34. The van der Waals surface area contributed by atoms with Crippen LogP contribution in [0.3, 0.4) is 0 Å². The number of benzene rings is 2. The van der Waals surface area contributed by atoms with Gasteiger partial charge in [0.15, 0.2) is 5.82 Å². The molecule has 0 radical (unpaired) electrons. The molecule has 0 bridgehead atoms. The Balaban J connectivity index is 0.00000342. The average molecular weight is 479 g/mol. The van der Waals surface area contributed by atoms with E-state index in [1.54, 1.807) is 24.1 Å². The van der Waals surface area contributed by atoms with Crippen LogP contribution in [0.15, 0.2) is 48.5 Å². The van der Waals surface area contributed by atoms with Gasteiger partial charge in [0.25, 0.3) is 5.91 Å². The van der Waals surface area contributed by atoms with Crippen LogP contribution in [0.1, 0.15) is 42.4 Å². The summed E-state index contributed by atoms with van der Waals surface area (Å²) >= 11 is 0. The number of hydrogen-bond donors (Lipinski definition) is 2. The molecule has 2 heterocycles. The van der Waals surface area contributed by atoms with E-state index in [2.05, 4.69) is 20.6 Å². The minimum absolute atomic E-state index is 0. The number of carbonyl (C=O) groups is 2. The number of rotatable bonds is 6. The summed E-state index contributed by atoms with van der Waals surface area (Å²) in [5.41, 5.74) is 3.45. The first-order chi connectivity index (χ1) is 16.3. The smallest absolute Gasteiger partial charge is 0.255 e. The van der Waals surface area contributed by atoms with Gasteiger partial charge in [0.2, 0.25) is 11.9 Å². The third-order valence-corrected chi connectivity index (χ3v) is 5.95. The molecule has 0 spiro atoms. The molecule has 2 amide bonds. The lowest BCUT2D eigenvalue weighted by atomic mass is 10.1. The van der Waals surface area contributed by atoms with Crippen LogP contribution in [0.4, 0.5) is 27.5 Å². The summed E-state index contributed by atoms with van der Waals surface area (Å²) in [6, 6.07) is 12.5. The first kappa shape index (κ1) is 25.6. The molecule has 8 nitrogen and oxygen atoms in total. The molecule has 0 saturated heterocycles. The van der Waals surface area contributed by atoms with Crippen molar-refractivity contribution in [3.05, 3.63) is 71.2 Å². The zero-order chi connectivity index (χ0) is 24.4. The van der Waals surface area contributed by atoms with Crippen molar-refractivity contribution in [2.75, 3.05) is 34.5 Å². The van der Waals surface area contributed by atoms with E-state index in [-0.39, 0.29) is 31.1 Å². The van der Waals surface area contributed by atoms with E-state index in [0.717, 1.165) is 22.8 Å². The number of anilines is 4. The summed E-state index contributed by atoms with van der Waals surface area (Å²) in [4.78, 5) is 37.7. The Morgan fingerprint density at radius 1 is 1.06 bits per heavy atom. The zero-order valence-electron chi connectivity index (χ0n) is 19.6. The van der Waals surface area contributed by atoms with Crippen LogP contribution in [-0.4, -0.2) is 41.9 Å². The normalized spacial score (nSPS) is 14.8. The molecule has 3 aromatic rings. The number of hydrogen-bond acceptors (Lipinski definition) is 6. The number of aromatic nitrogens is 2. The van der Waals surface area contributed by atoms with Crippen LogP contribution in [0.2, 0.25) is 0 Å². The standard InChI is InChI=1S/C25H27FN6O2.CH4/c1-5-20-24(34)32(4)21-15(2)28-25(30-22(21)31(20)3)27-14-16-6-12-19(13-7-16)29-23(33)17-8-10-18(26)11-9-17;/h6-13,20H,5,14H2,1-4H3,(H,29,33)(H,27,28,30);1H4/t20-;/m0./s1. The molecule has 0 aliphatic carbocycles. The lowest BCUT2D eigenvalue weighted by Gasteiger charge is -2.38. The highest BCUT2D eigenvalue weighted by atomic mass is 19.1. The van der Waals surface area contributed by atoms with Gasteiger partial charge in [0.1, 0.15) is 17.5 Å². The number of aryl methyl sites for hydroxylation is 1. The third kappa shape index (κ3) is 5.24. The second-order valence-electron chi connectivity index (χ2n) is 8.25. The van der Waals surface area contributed by atoms with Crippen LogP contribution >= 0.6 is 0 Å². The van der Waals surface area contributed by atoms with Crippen LogP contribution < -0.4 is 20.4 Å². The van der Waals surface area contributed by atoms with Crippen molar-refractivity contribution in [2.24, 2.45) is 0 Å². The number of halogens is 1. The van der Waals surface area contributed by atoms with Gasteiger partial charge in [-0.2, -0.15) is 4.98 Å². The molecule has 2 N–H and O–H groups in total. The highest BCUT2D eigenvalue weighted by Gasteiger charge is 2.36. The van der Waals surface area contributed by atoms with Gasteiger partial charge in [-0.05, 0) is 55.3 Å². The van der Waals surface area contributed by atoms with Crippen molar-refractivity contribution in [1.82, 2.24) is 9.97 Å². The van der Waals surface area contributed by atoms with E-state index in [1.807, 2.05) is 37.9 Å². The number of carbonyl (C=O) groups excluding carboxylic acids is 2. The molecule has 1 atom stereocenters.